The predicted octanol–water partition coefficient (Wildman–Crippen LogP) is 7.92. The molecular weight excluding hydrogens is 498 g/mol. The zero-order chi connectivity index (χ0) is 26.1. The minimum absolute atomic E-state index is 0.112. The molecule has 6 aromatic carbocycles. The summed E-state index contributed by atoms with van der Waals surface area (Å²) in [5, 5.41) is 5.98. The molecule has 1 atom stereocenters. The van der Waals surface area contributed by atoms with E-state index in [9.17, 15) is 13.2 Å². The van der Waals surface area contributed by atoms with Crippen LogP contribution < -0.4 is 15.9 Å². The van der Waals surface area contributed by atoms with Gasteiger partial charge >= 0.3 is 6.18 Å². The van der Waals surface area contributed by atoms with Crippen molar-refractivity contribution in [1.29, 1.82) is 0 Å². The molecule has 0 saturated carbocycles. The van der Waals surface area contributed by atoms with E-state index in [4.69, 9.17) is 0 Å². The van der Waals surface area contributed by atoms with Crippen LogP contribution in [0.2, 0.25) is 0 Å². The van der Waals surface area contributed by atoms with Crippen molar-refractivity contribution < 1.29 is 22.0 Å². The van der Waals surface area contributed by atoms with Gasteiger partial charge < -0.3 is 0 Å². The standard InChI is InChI=1S/C31H20F5P/c1-18-6-3-10-25(29(18)32)37(2,26-11-5-9-23(30(26)33)31(34,35)36)24-17-15-21-13-12-19-7-4-8-20-14-16-22(24)28(21)27(19)20/h3-17H,2H2,1H3. The first-order valence-electron chi connectivity index (χ1n) is 11.6. The molecule has 1 unspecified atom stereocenters. The van der Waals surface area contributed by atoms with Gasteiger partial charge in [0.2, 0.25) is 0 Å². The van der Waals surface area contributed by atoms with Gasteiger partial charge in [-0.05, 0) is 63.1 Å². The van der Waals surface area contributed by atoms with Gasteiger partial charge in [-0.2, -0.15) is 13.2 Å². The molecular formula is C31H20F5P. The first-order valence-corrected chi connectivity index (χ1v) is 13.6. The van der Waals surface area contributed by atoms with Gasteiger partial charge in [-0.1, -0.05) is 91.2 Å². The molecule has 0 amide bonds. The Kier molecular flexibility index (Phi) is 5.22. The van der Waals surface area contributed by atoms with Gasteiger partial charge in [0.25, 0.3) is 0 Å². The van der Waals surface area contributed by atoms with Crippen molar-refractivity contribution in [2.75, 3.05) is 0 Å². The van der Waals surface area contributed by atoms with E-state index in [0.29, 0.717) is 16.9 Å². The Labute approximate surface area is 210 Å². The van der Waals surface area contributed by atoms with E-state index >= 15 is 8.78 Å². The molecule has 0 nitrogen and oxygen atoms in total. The van der Waals surface area contributed by atoms with E-state index in [-0.39, 0.29) is 10.6 Å². The van der Waals surface area contributed by atoms with Crippen LogP contribution in [0.1, 0.15) is 11.1 Å². The van der Waals surface area contributed by atoms with E-state index in [2.05, 4.69) is 6.30 Å². The van der Waals surface area contributed by atoms with Gasteiger partial charge in [0.1, 0.15) is 11.6 Å². The maximum absolute atomic E-state index is 15.8. The monoisotopic (exact) mass is 518 g/mol. The van der Waals surface area contributed by atoms with Gasteiger partial charge in [0.15, 0.2) is 0 Å². The van der Waals surface area contributed by atoms with Crippen LogP contribution in [0.5, 0.6) is 0 Å². The normalized spacial score (nSPS) is 14.0. The maximum atomic E-state index is 15.8. The van der Waals surface area contributed by atoms with Crippen LogP contribution in [-0.2, 0) is 6.18 Å². The Morgan fingerprint density at radius 1 is 0.595 bits per heavy atom. The number of alkyl halides is 3. The van der Waals surface area contributed by atoms with E-state index in [1.54, 1.807) is 25.1 Å². The molecule has 0 spiro atoms. The topological polar surface area (TPSA) is 0 Å². The maximum Gasteiger partial charge on any atom is 0.419 e. The first kappa shape index (κ1) is 23.7. The molecule has 37 heavy (non-hydrogen) atoms. The lowest BCUT2D eigenvalue weighted by atomic mass is 9.94. The molecule has 6 heteroatoms. The Balaban J connectivity index is 1.80. The van der Waals surface area contributed by atoms with Gasteiger partial charge in [0.05, 0.1) is 5.56 Å². The van der Waals surface area contributed by atoms with Crippen molar-refractivity contribution in [2.45, 2.75) is 13.1 Å². The highest BCUT2D eigenvalue weighted by atomic mass is 31.2. The summed E-state index contributed by atoms with van der Waals surface area (Å²) >= 11 is 0. The quantitative estimate of drug-likeness (QED) is 0.127. The van der Waals surface area contributed by atoms with Crippen molar-refractivity contribution in [3.05, 3.63) is 114 Å². The molecule has 6 rings (SSSR count). The molecule has 0 bridgehead atoms. The summed E-state index contributed by atoms with van der Waals surface area (Å²) in [6.07, 6.45) is -0.492. The fraction of sp³-hybridized carbons (Fsp3) is 0.0645. The van der Waals surface area contributed by atoms with Crippen molar-refractivity contribution >= 4 is 61.4 Å². The molecule has 0 aromatic heterocycles. The third-order valence-electron chi connectivity index (χ3n) is 7.19. The molecule has 0 heterocycles. The van der Waals surface area contributed by atoms with Crippen molar-refractivity contribution in [3.8, 4) is 0 Å². The minimum Gasteiger partial charge on any atom is -0.206 e. The smallest absolute Gasteiger partial charge is 0.206 e. The minimum atomic E-state index is -4.90. The zero-order valence-electron chi connectivity index (χ0n) is 19.7. The largest absolute Gasteiger partial charge is 0.419 e. The lowest BCUT2D eigenvalue weighted by Gasteiger charge is -2.30. The predicted molar refractivity (Wildman–Crippen MR) is 146 cm³/mol. The third-order valence-corrected chi connectivity index (χ3v) is 10.7. The number of hydrogen-bond donors (Lipinski definition) is 0. The summed E-state index contributed by atoms with van der Waals surface area (Å²) in [5.74, 6) is -2.00. The molecule has 0 radical (unpaired) electrons. The number of aryl methyl sites for hydroxylation is 1. The zero-order valence-corrected chi connectivity index (χ0v) is 20.6. The summed E-state index contributed by atoms with van der Waals surface area (Å²) < 4.78 is 72.9. The summed E-state index contributed by atoms with van der Waals surface area (Å²) in [5.41, 5.74) is -1.07. The highest BCUT2D eigenvalue weighted by molar-refractivity contribution is 7.93. The van der Waals surface area contributed by atoms with Gasteiger partial charge in [0, 0.05) is 10.6 Å². The van der Waals surface area contributed by atoms with Crippen molar-refractivity contribution in [1.82, 2.24) is 0 Å². The van der Waals surface area contributed by atoms with Gasteiger partial charge in [-0.3, -0.25) is 0 Å². The second kappa shape index (κ2) is 8.16. The first-order chi connectivity index (χ1) is 17.6. The second-order valence-corrected chi connectivity index (χ2v) is 12.4. The van der Waals surface area contributed by atoms with Crippen LogP contribution in [0.15, 0.2) is 91.0 Å². The molecule has 0 aliphatic carbocycles. The van der Waals surface area contributed by atoms with Crippen LogP contribution in [0.3, 0.4) is 0 Å². The Morgan fingerprint density at radius 2 is 1.14 bits per heavy atom. The molecule has 6 aromatic rings. The molecule has 0 saturated heterocycles. The number of rotatable bonds is 3. The van der Waals surface area contributed by atoms with Crippen LogP contribution in [-0.4, -0.2) is 6.30 Å². The SMILES string of the molecule is C=P(c1cccc(C)c1F)(c1cccc(C(F)(F)F)c1F)c1ccc2ccc3cccc4ccc1c2c34. The molecule has 0 aliphatic heterocycles. The fourth-order valence-electron chi connectivity index (χ4n) is 5.40. The Morgan fingerprint density at radius 3 is 1.81 bits per heavy atom. The van der Waals surface area contributed by atoms with Crippen molar-refractivity contribution in [3.63, 3.8) is 0 Å². The lowest BCUT2D eigenvalue weighted by molar-refractivity contribution is -0.139. The van der Waals surface area contributed by atoms with Crippen LogP contribution >= 0.6 is 6.89 Å². The Bertz CT molecular complexity index is 1870. The summed E-state index contributed by atoms with van der Waals surface area (Å²) in [7, 11) is 0. The number of benzene rings is 6. The highest BCUT2D eigenvalue weighted by Gasteiger charge is 2.38. The lowest BCUT2D eigenvalue weighted by Crippen LogP contribution is -2.31. The molecule has 0 N–H and O–H groups in total. The highest BCUT2D eigenvalue weighted by Crippen LogP contribution is 2.48. The summed E-state index contributed by atoms with van der Waals surface area (Å²) in [6, 6.07) is 25.3. The average molecular weight is 518 g/mol. The summed E-state index contributed by atoms with van der Waals surface area (Å²) in [4.78, 5) is 0. The van der Waals surface area contributed by atoms with E-state index in [0.717, 1.165) is 32.3 Å². The third kappa shape index (κ3) is 3.41. The van der Waals surface area contributed by atoms with E-state index in [1.165, 1.54) is 18.2 Å². The number of hydrogen-bond acceptors (Lipinski definition) is 0. The molecule has 0 aliphatic rings. The van der Waals surface area contributed by atoms with E-state index < -0.39 is 30.3 Å². The van der Waals surface area contributed by atoms with Crippen molar-refractivity contribution in [2.24, 2.45) is 0 Å². The number of halogens is 5. The van der Waals surface area contributed by atoms with Gasteiger partial charge in [-0.25, -0.2) is 8.78 Å². The Hall–Kier alpha value is -3.69. The molecule has 184 valence electrons. The average Bonchev–Trinajstić information content (AvgIpc) is 2.88. The van der Waals surface area contributed by atoms with E-state index in [1.807, 2.05) is 48.5 Å². The van der Waals surface area contributed by atoms with Gasteiger partial charge in [-0.15, -0.1) is 0 Å². The van der Waals surface area contributed by atoms with Crippen LogP contribution in [0.4, 0.5) is 22.0 Å². The fourth-order valence-corrected chi connectivity index (χ4v) is 8.76. The summed E-state index contributed by atoms with van der Waals surface area (Å²) in [6.45, 7) is -1.90. The van der Waals surface area contributed by atoms with Crippen LogP contribution in [0.25, 0.3) is 32.3 Å². The van der Waals surface area contributed by atoms with Crippen LogP contribution in [0, 0.1) is 18.6 Å². The molecule has 0 fully saturated rings. The second-order valence-electron chi connectivity index (χ2n) is 9.29.